The highest BCUT2D eigenvalue weighted by atomic mass is 35.5. The second-order valence-electron chi connectivity index (χ2n) is 3.67. The molecule has 0 N–H and O–H groups in total. The van der Waals surface area contributed by atoms with Crippen LogP contribution in [0.3, 0.4) is 0 Å². The highest BCUT2D eigenvalue weighted by Gasteiger charge is 2.07. The standard InChI is InChI=1S/C13H19ClO/c1-3-9-15-13-8-6-5-7-11(13)10-12(14)4-2/h5-8,12H,3-4,9-10H2,1-2H3. The zero-order valence-electron chi connectivity index (χ0n) is 9.50. The van der Waals surface area contributed by atoms with Crippen molar-refractivity contribution in [2.45, 2.75) is 38.5 Å². The first-order chi connectivity index (χ1) is 7.27. The molecular weight excluding hydrogens is 208 g/mol. The van der Waals surface area contributed by atoms with Crippen LogP contribution in [-0.4, -0.2) is 12.0 Å². The Kier molecular flexibility index (Phi) is 5.56. The Bertz CT molecular complexity index is 286. The summed E-state index contributed by atoms with van der Waals surface area (Å²) in [7, 11) is 0. The molecule has 2 heteroatoms. The number of hydrogen-bond acceptors (Lipinski definition) is 1. The van der Waals surface area contributed by atoms with E-state index in [1.165, 1.54) is 5.56 Å². The summed E-state index contributed by atoms with van der Waals surface area (Å²) in [6.45, 7) is 4.99. The number of rotatable bonds is 6. The van der Waals surface area contributed by atoms with Gasteiger partial charge in [0.25, 0.3) is 0 Å². The molecule has 1 nitrogen and oxygen atoms in total. The van der Waals surface area contributed by atoms with Crippen LogP contribution in [-0.2, 0) is 6.42 Å². The predicted molar refractivity (Wildman–Crippen MR) is 65.9 cm³/mol. The monoisotopic (exact) mass is 226 g/mol. The van der Waals surface area contributed by atoms with Crippen LogP contribution < -0.4 is 4.74 Å². The van der Waals surface area contributed by atoms with Crippen molar-refractivity contribution in [2.75, 3.05) is 6.61 Å². The molecule has 84 valence electrons. The van der Waals surface area contributed by atoms with Crippen LogP contribution in [0.15, 0.2) is 24.3 Å². The lowest BCUT2D eigenvalue weighted by atomic mass is 10.1. The van der Waals surface area contributed by atoms with Gasteiger partial charge in [-0.1, -0.05) is 32.0 Å². The molecule has 0 aliphatic rings. The van der Waals surface area contributed by atoms with Gasteiger partial charge in [-0.05, 0) is 30.9 Å². The Morgan fingerprint density at radius 2 is 2.00 bits per heavy atom. The average molecular weight is 227 g/mol. The molecule has 1 atom stereocenters. The quantitative estimate of drug-likeness (QED) is 0.666. The van der Waals surface area contributed by atoms with Crippen LogP contribution in [0.4, 0.5) is 0 Å². The van der Waals surface area contributed by atoms with Crippen LogP contribution in [0.1, 0.15) is 32.3 Å². The smallest absolute Gasteiger partial charge is 0.122 e. The van der Waals surface area contributed by atoms with E-state index in [2.05, 4.69) is 19.9 Å². The molecule has 0 spiro atoms. The second-order valence-corrected chi connectivity index (χ2v) is 4.28. The van der Waals surface area contributed by atoms with Gasteiger partial charge < -0.3 is 4.74 Å². The van der Waals surface area contributed by atoms with Gasteiger partial charge in [-0.15, -0.1) is 11.6 Å². The molecule has 1 rings (SSSR count). The molecular formula is C13H19ClO. The van der Waals surface area contributed by atoms with Crippen molar-refractivity contribution >= 4 is 11.6 Å². The van der Waals surface area contributed by atoms with Crippen molar-refractivity contribution in [1.29, 1.82) is 0 Å². The lowest BCUT2D eigenvalue weighted by Crippen LogP contribution is -2.04. The average Bonchev–Trinajstić information content (AvgIpc) is 2.28. The van der Waals surface area contributed by atoms with Crippen molar-refractivity contribution in [2.24, 2.45) is 0 Å². The Morgan fingerprint density at radius 1 is 1.27 bits per heavy atom. The first kappa shape index (κ1) is 12.4. The molecule has 1 aromatic rings. The molecule has 0 amide bonds. The number of benzene rings is 1. The molecule has 0 aliphatic heterocycles. The van der Waals surface area contributed by atoms with Gasteiger partial charge in [0.1, 0.15) is 5.75 Å². The van der Waals surface area contributed by atoms with Gasteiger partial charge in [0.15, 0.2) is 0 Å². The maximum Gasteiger partial charge on any atom is 0.122 e. The van der Waals surface area contributed by atoms with E-state index in [0.717, 1.165) is 31.6 Å². The summed E-state index contributed by atoms with van der Waals surface area (Å²) in [5, 5.41) is 0.205. The minimum absolute atomic E-state index is 0.205. The zero-order chi connectivity index (χ0) is 11.1. The van der Waals surface area contributed by atoms with Crippen LogP contribution in [0.25, 0.3) is 0 Å². The molecule has 1 unspecified atom stereocenters. The molecule has 0 heterocycles. The molecule has 0 saturated carbocycles. The van der Waals surface area contributed by atoms with Crippen LogP contribution in [0.5, 0.6) is 5.75 Å². The van der Waals surface area contributed by atoms with Gasteiger partial charge in [0.05, 0.1) is 6.61 Å². The Hall–Kier alpha value is -0.690. The van der Waals surface area contributed by atoms with E-state index in [1.54, 1.807) is 0 Å². The SMILES string of the molecule is CCCOc1ccccc1CC(Cl)CC. The van der Waals surface area contributed by atoms with Gasteiger partial charge in [-0.25, -0.2) is 0 Å². The molecule has 1 aromatic carbocycles. The zero-order valence-corrected chi connectivity index (χ0v) is 10.3. The highest BCUT2D eigenvalue weighted by molar-refractivity contribution is 6.20. The van der Waals surface area contributed by atoms with E-state index in [0.29, 0.717) is 0 Å². The van der Waals surface area contributed by atoms with Crippen molar-refractivity contribution in [3.63, 3.8) is 0 Å². The van der Waals surface area contributed by atoms with Gasteiger partial charge in [-0.3, -0.25) is 0 Å². The first-order valence-electron chi connectivity index (χ1n) is 5.62. The summed E-state index contributed by atoms with van der Waals surface area (Å²) >= 11 is 6.15. The summed E-state index contributed by atoms with van der Waals surface area (Å²) in [6, 6.07) is 8.15. The first-order valence-corrected chi connectivity index (χ1v) is 6.06. The minimum Gasteiger partial charge on any atom is -0.493 e. The summed E-state index contributed by atoms with van der Waals surface area (Å²) in [6.07, 6.45) is 2.91. The molecule has 0 aliphatic carbocycles. The van der Waals surface area contributed by atoms with E-state index in [-0.39, 0.29) is 5.38 Å². The summed E-state index contributed by atoms with van der Waals surface area (Å²) < 4.78 is 5.67. The molecule has 15 heavy (non-hydrogen) atoms. The van der Waals surface area contributed by atoms with Crippen molar-refractivity contribution in [1.82, 2.24) is 0 Å². The number of halogens is 1. The van der Waals surface area contributed by atoms with Gasteiger partial charge >= 0.3 is 0 Å². The third kappa shape index (κ3) is 4.13. The Morgan fingerprint density at radius 3 is 2.67 bits per heavy atom. The fourth-order valence-corrected chi connectivity index (χ4v) is 1.57. The fourth-order valence-electron chi connectivity index (χ4n) is 1.41. The number of para-hydroxylation sites is 1. The van der Waals surface area contributed by atoms with E-state index in [1.807, 2.05) is 18.2 Å². The van der Waals surface area contributed by atoms with Crippen LogP contribution in [0.2, 0.25) is 0 Å². The van der Waals surface area contributed by atoms with Gasteiger partial charge in [-0.2, -0.15) is 0 Å². The van der Waals surface area contributed by atoms with Crippen LogP contribution >= 0.6 is 11.6 Å². The largest absolute Gasteiger partial charge is 0.493 e. The summed E-state index contributed by atoms with van der Waals surface area (Å²) in [5.41, 5.74) is 1.22. The Balaban J connectivity index is 2.67. The highest BCUT2D eigenvalue weighted by Crippen LogP contribution is 2.22. The van der Waals surface area contributed by atoms with Gasteiger partial charge in [0, 0.05) is 5.38 Å². The van der Waals surface area contributed by atoms with E-state index < -0.39 is 0 Å². The van der Waals surface area contributed by atoms with E-state index >= 15 is 0 Å². The second kappa shape index (κ2) is 6.73. The van der Waals surface area contributed by atoms with Crippen molar-refractivity contribution < 1.29 is 4.74 Å². The molecule has 0 saturated heterocycles. The normalized spacial score (nSPS) is 12.5. The summed E-state index contributed by atoms with van der Waals surface area (Å²) in [4.78, 5) is 0. The van der Waals surface area contributed by atoms with Crippen molar-refractivity contribution in [3.8, 4) is 5.75 Å². The summed E-state index contributed by atoms with van der Waals surface area (Å²) in [5.74, 6) is 0.985. The molecule has 0 bridgehead atoms. The van der Waals surface area contributed by atoms with Crippen molar-refractivity contribution in [3.05, 3.63) is 29.8 Å². The lowest BCUT2D eigenvalue weighted by molar-refractivity contribution is 0.314. The third-order valence-electron chi connectivity index (χ3n) is 2.32. The number of hydrogen-bond donors (Lipinski definition) is 0. The van der Waals surface area contributed by atoms with E-state index in [4.69, 9.17) is 16.3 Å². The van der Waals surface area contributed by atoms with Gasteiger partial charge in [0.2, 0.25) is 0 Å². The lowest BCUT2D eigenvalue weighted by Gasteiger charge is -2.12. The molecule has 0 radical (unpaired) electrons. The Labute approximate surface area is 97.4 Å². The molecule has 0 aromatic heterocycles. The van der Waals surface area contributed by atoms with Crippen LogP contribution in [0, 0.1) is 0 Å². The topological polar surface area (TPSA) is 9.23 Å². The third-order valence-corrected chi connectivity index (χ3v) is 2.78. The number of alkyl halides is 1. The maximum absolute atomic E-state index is 6.15. The maximum atomic E-state index is 6.15. The molecule has 0 fully saturated rings. The number of ether oxygens (including phenoxy) is 1. The predicted octanol–water partition coefficient (Wildman–Crippen LogP) is 4.04. The fraction of sp³-hybridized carbons (Fsp3) is 0.538. The van der Waals surface area contributed by atoms with E-state index in [9.17, 15) is 0 Å². The minimum atomic E-state index is 0.205.